The fraction of sp³-hybridized carbons (Fsp3) is 0.381. The van der Waals surface area contributed by atoms with Gasteiger partial charge in [-0.2, -0.15) is 0 Å². The van der Waals surface area contributed by atoms with E-state index >= 15 is 0 Å². The quantitative estimate of drug-likeness (QED) is 0.323. The molecule has 172 valence electrons. The van der Waals surface area contributed by atoms with Gasteiger partial charge in [0.05, 0.1) is 17.1 Å². The lowest BCUT2D eigenvalue weighted by atomic mass is 10.1. The number of carboxylic acids is 1. The highest BCUT2D eigenvalue weighted by Crippen LogP contribution is 2.23. The van der Waals surface area contributed by atoms with E-state index in [0.717, 1.165) is 0 Å². The van der Waals surface area contributed by atoms with Crippen LogP contribution in [0.1, 0.15) is 37.0 Å². The highest BCUT2D eigenvalue weighted by Gasteiger charge is 2.22. The first-order valence-electron chi connectivity index (χ1n) is 10.1. The summed E-state index contributed by atoms with van der Waals surface area (Å²) in [5.41, 5.74) is 0.373. The van der Waals surface area contributed by atoms with Crippen LogP contribution < -0.4 is 21.3 Å². The summed E-state index contributed by atoms with van der Waals surface area (Å²) in [5.74, 6) is -1.71. The summed E-state index contributed by atoms with van der Waals surface area (Å²) >= 11 is 1.32. The van der Waals surface area contributed by atoms with Gasteiger partial charge in [0.2, 0.25) is 11.8 Å². The summed E-state index contributed by atoms with van der Waals surface area (Å²) in [6, 6.07) is 6.07. The summed E-state index contributed by atoms with van der Waals surface area (Å²) in [4.78, 5) is 51.9. The Kier molecular flexibility index (Phi) is 9.61. The summed E-state index contributed by atoms with van der Waals surface area (Å²) in [6.45, 7) is 3.89. The topological polar surface area (TPSA) is 150 Å². The number of thiophene rings is 1. The van der Waals surface area contributed by atoms with Gasteiger partial charge in [0, 0.05) is 24.5 Å². The number of nitrogens with zero attached hydrogens (tertiary/aromatic N) is 1. The number of amides is 3. The monoisotopic (exact) mass is 461 g/mol. The van der Waals surface area contributed by atoms with E-state index < -0.39 is 29.7 Å². The molecule has 2 aromatic heterocycles. The minimum absolute atomic E-state index is 0.0496. The zero-order chi connectivity index (χ0) is 23.5. The van der Waals surface area contributed by atoms with Crippen molar-refractivity contribution < 1.29 is 24.3 Å². The summed E-state index contributed by atoms with van der Waals surface area (Å²) in [5, 5.41) is 22.0. The maximum Gasteiger partial charge on any atom is 0.303 e. The van der Waals surface area contributed by atoms with Gasteiger partial charge >= 0.3 is 5.97 Å². The van der Waals surface area contributed by atoms with Gasteiger partial charge in [-0.15, -0.1) is 11.3 Å². The molecule has 11 heteroatoms. The summed E-state index contributed by atoms with van der Waals surface area (Å²) < 4.78 is 0. The van der Waals surface area contributed by atoms with E-state index in [9.17, 15) is 19.2 Å². The number of aromatic nitrogens is 1. The van der Waals surface area contributed by atoms with Crippen molar-refractivity contribution in [1.82, 2.24) is 20.9 Å². The molecule has 5 N–H and O–H groups in total. The second kappa shape index (κ2) is 12.4. The Morgan fingerprint density at radius 1 is 1.16 bits per heavy atom. The molecule has 2 aromatic rings. The highest BCUT2D eigenvalue weighted by molar-refractivity contribution is 7.14. The number of aliphatic carboxylic acids is 1. The molecule has 0 aliphatic rings. The van der Waals surface area contributed by atoms with Crippen LogP contribution in [0.3, 0.4) is 0 Å². The van der Waals surface area contributed by atoms with Crippen LogP contribution in [0.4, 0.5) is 10.8 Å². The van der Waals surface area contributed by atoms with Crippen LogP contribution in [0.5, 0.6) is 0 Å². The molecule has 0 fully saturated rings. The van der Waals surface area contributed by atoms with Gasteiger partial charge in [-0.1, -0.05) is 19.9 Å². The van der Waals surface area contributed by atoms with Gasteiger partial charge in [-0.3, -0.25) is 19.2 Å². The van der Waals surface area contributed by atoms with Crippen molar-refractivity contribution in [3.63, 3.8) is 0 Å². The molecule has 2 heterocycles. The van der Waals surface area contributed by atoms with Crippen LogP contribution in [0.15, 0.2) is 35.8 Å². The van der Waals surface area contributed by atoms with Crippen LogP contribution in [-0.4, -0.2) is 52.9 Å². The number of hydrogen-bond donors (Lipinski definition) is 5. The number of carbonyl (C=O) groups excluding carboxylic acids is 3. The van der Waals surface area contributed by atoms with E-state index in [0.29, 0.717) is 22.9 Å². The molecule has 0 spiro atoms. The Labute approximate surface area is 189 Å². The number of hydrogen-bond acceptors (Lipinski definition) is 7. The lowest BCUT2D eigenvalue weighted by Gasteiger charge is -2.18. The van der Waals surface area contributed by atoms with Crippen LogP contribution in [0.2, 0.25) is 0 Å². The Bertz CT molecular complexity index is 932. The van der Waals surface area contributed by atoms with Crippen LogP contribution in [0, 0.1) is 5.92 Å². The first-order chi connectivity index (χ1) is 15.2. The molecule has 0 bridgehead atoms. The number of anilines is 2. The van der Waals surface area contributed by atoms with Crippen molar-refractivity contribution in [2.75, 3.05) is 18.4 Å². The van der Waals surface area contributed by atoms with Gasteiger partial charge < -0.3 is 26.4 Å². The zero-order valence-electron chi connectivity index (χ0n) is 17.9. The predicted octanol–water partition coefficient (Wildman–Crippen LogP) is 1.74. The molecule has 0 radical (unpaired) electrons. The fourth-order valence-corrected chi connectivity index (χ4v) is 3.34. The van der Waals surface area contributed by atoms with Crippen molar-refractivity contribution in [2.24, 2.45) is 5.92 Å². The van der Waals surface area contributed by atoms with E-state index in [1.54, 1.807) is 29.8 Å². The third-order valence-electron chi connectivity index (χ3n) is 4.17. The van der Waals surface area contributed by atoms with Crippen molar-refractivity contribution in [3.05, 3.63) is 41.4 Å². The molecule has 0 saturated carbocycles. The first kappa shape index (κ1) is 24.8. The second-order valence-corrected chi connectivity index (χ2v) is 8.33. The molecular formula is C21H27N5O5S. The van der Waals surface area contributed by atoms with Crippen molar-refractivity contribution in [3.8, 4) is 0 Å². The van der Waals surface area contributed by atoms with E-state index in [4.69, 9.17) is 5.11 Å². The van der Waals surface area contributed by atoms with E-state index in [1.165, 1.54) is 11.3 Å². The molecule has 0 saturated heterocycles. The fourth-order valence-electron chi connectivity index (χ4n) is 2.56. The molecule has 0 aromatic carbocycles. The molecule has 1 unspecified atom stereocenters. The lowest BCUT2D eigenvalue weighted by Crippen LogP contribution is -2.50. The number of carboxylic acid groups (broad SMARTS) is 1. The highest BCUT2D eigenvalue weighted by atomic mass is 32.1. The van der Waals surface area contributed by atoms with E-state index in [1.807, 2.05) is 19.9 Å². The number of carbonyl (C=O) groups is 4. The largest absolute Gasteiger partial charge is 0.481 e. The number of pyridine rings is 1. The van der Waals surface area contributed by atoms with Gasteiger partial charge in [0.15, 0.2) is 0 Å². The lowest BCUT2D eigenvalue weighted by molar-refractivity contribution is -0.137. The number of nitrogens with one attached hydrogen (secondary N) is 4. The molecule has 0 aliphatic carbocycles. The minimum atomic E-state index is -1.07. The normalized spacial score (nSPS) is 11.5. The smallest absolute Gasteiger partial charge is 0.303 e. The second-order valence-electron chi connectivity index (χ2n) is 7.41. The Morgan fingerprint density at radius 2 is 1.94 bits per heavy atom. The summed E-state index contributed by atoms with van der Waals surface area (Å²) in [7, 11) is 0. The maximum absolute atomic E-state index is 12.3. The molecule has 32 heavy (non-hydrogen) atoms. The van der Waals surface area contributed by atoms with Gasteiger partial charge in [0.1, 0.15) is 11.9 Å². The Balaban J connectivity index is 1.86. The average Bonchev–Trinajstić information content (AvgIpc) is 3.22. The van der Waals surface area contributed by atoms with Crippen molar-refractivity contribution in [1.29, 1.82) is 0 Å². The molecule has 3 amide bonds. The molecular weight excluding hydrogens is 434 g/mol. The predicted molar refractivity (Wildman–Crippen MR) is 121 cm³/mol. The van der Waals surface area contributed by atoms with Crippen LogP contribution in [0.25, 0.3) is 0 Å². The number of rotatable bonds is 12. The molecule has 1 atom stereocenters. The van der Waals surface area contributed by atoms with Crippen LogP contribution >= 0.6 is 11.3 Å². The Morgan fingerprint density at radius 3 is 2.59 bits per heavy atom. The average molecular weight is 462 g/mol. The first-order valence-corrected chi connectivity index (χ1v) is 11.0. The molecule has 0 aliphatic heterocycles. The molecule has 10 nitrogen and oxygen atoms in total. The SMILES string of the molecule is CC(C)CNC(=O)C(CCC(=O)O)NC(=O)CNC(=O)c1csc(Nc2ccccn2)c1. The van der Waals surface area contributed by atoms with Gasteiger partial charge in [-0.05, 0) is 30.5 Å². The molecule has 2 rings (SSSR count). The van der Waals surface area contributed by atoms with Gasteiger partial charge in [0.25, 0.3) is 5.91 Å². The van der Waals surface area contributed by atoms with Crippen molar-refractivity contribution >= 4 is 45.8 Å². The summed E-state index contributed by atoms with van der Waals surface area (Å²) in [6.07, 6.45) is 1.33. The van der Waals surface area contributed by atoms with Gasteiger partial charge in [-0.25, -0.2) is 4.98 Å². The zero-order valence-corrected chi connectivity index (χ0v) is 18.7. The minimum Gasteiger partial charge on any atom is -0.481 e. The third kappa shape index (κ3) is 8.72. The van der Waals surface area contributed by atoms with E-state index in [-0.39, 0.29) is 25.3 Å². The Hall–Kier alpha value is -3.47. The van der Waals surface area contributed by atoms with Crippen LogP contribution in [-0.2, 0) is 14.4 Å². The van der Waals surface area contributed by atoms with Crippen molar-refractivity contribution in [2.45, 2.75) is 32.7 Å². The standard InChI is InChI=1S/C21H27N5O5S/c1-13(2)10-23-21(31)15(6-7-19(28)29)25-17(27)11-24-20(30)14-9-18(32-12-14)26-16-5-3-4-8-22-16/h3-5,8-9,12-13,15H,6-7,10-11H2,1-2H3,(H,22,26)(H,23,31)(H,24,30)(H,25,27)(H,28,29). The third-order valence-corrected chi connectivity index (χ3v) is 5.02. The maximum atomic E-state index is 12.3. The van der Waals surface area contributed by atoms with E-state index in [2.05, 4.69) is 26.3 Å².